The molecule has 74 valence electrons. The van der Waals surface area contributed by atoms with Crippen molar-refractivity contribution < 1.29 is 4.74 Å². The fourth-order valence-corrected chi connectivity index (χ4v) is 2.51. The highest BCUT2D eigenvalue weighted by molar-refractivity contribution is 7.99. The van der Waals surface area contributed by atoms with Gasteiger partial charge in [0.05, 0.1) is 12.6 Å². The average Bonchev–Trinajstić information content (AvgIpc) is 2.65. The maximum absolute atomic E-state index is 5.22. The Hall–Kier alpha value is -0.810. The molecule has 0 aromatic carbocycles. The van der Waals surface area contributed by atoms with Gasteiger partial charge >= 0.3 is 0 Å². The number of ether oxygens (including phenoxy) is 1. The van der Waals surface area contributed by atoms with Crippen LogP contribution >= 0.6 is 23.1 Å². The van der Waals surface area contributed by atoms with Crippen molar-refractivity contribution in [1.82, 2.24) is 9.97 Å². The molecule has 2 heterocycles. The van der Waals surface area contributed by atoms with Crippen molar-refractivity contribution in [2.24, 2.45) is 0 Å². The smallest absolute Gasteiger partial charge is 0.235 e. The van der Waals surface area contributed by atoms with Gasteiger partial charge in [-0.3, -0.25) is 0 Å². The number of fused-ring (bicyclic) bond motifs is 1. The number of thioether (sulfide) groups is 1. The third-order valence-corrected chi connectivity index (χ3v) is 3.34. The molecule has 0 unspecified atom stereocenters. The number of aromatic nitrogens is 2. The van der Waals surface area contributed by atoms with E-state index in [0.29, 0.717) is 5.88 Å². The fraction of sp³-hybridized carbons (Fsp3) is 0.333. The topological polar surface area (TPSA) is 35.0 Å². The zero-order chi connectivity index (χ0) is 9.97. The quantitative estimate of drug-likeness (QED) is 0.595. The van der Waals surface area contributed by atoms with E-state index in [-0.39, 0.29) is 0 Å². The number of thiophene rings is 1. The van der Waals surface area contributed by atoms with E-state index >= 15 is 0 Å². The Kier molecular flexibility index (Phi) is 2.88. The van der Waals surface area contributed by atoms with E-state index in [4.69, 9.17) is 4.74 Å². The molecule has 2 aromatic heterocycles. The molecule has 0 N–H and O–H groups in total. The Morgan fingerprint density at radius 3 is 3.07 bits per heavy atom. The van der Waals surface area contributed by atoms with E-state index in [2.05, 4.69) is 16.9 Å². The Balaban J connectivity index is 2.55. The highest BCUT2D eigenvalue weighted by atomic mass is 32.2. The van der Waals surface area contributed by atoms with Gasteiger partial charge in [0.25, 0.3) is 0 Å². The molecule has 2 rings (SSSR count). The fourth-order valence-electron chi connectivity index (χ4n) is 1.15. The van der Waals surface area contributed by atoms with E-state index in [1.165, 1.54) is 0 Å². The van der Waals surface area contributed by atoms with Crippen molar-refractivity contribution >= 4 is 33.3 Å². The van der Waals surface area contributed by atoms with E-state index in [1.807, 2.05) is 11.4 Å². The lowest BCUT2D eigenvalue weighted by molar-refractivity contribution is 0.399. The highest BCUT2D eigenvalue weighted by Gasteiger charge is 2.08. The van der Waals surface area contributed by atoms with Crippen LogP contribution in [0.2, 0.25) is 0 Å². The van der Waals surface area contributed by atoms with Gasteiger partial charge < -0.3 is 4.74 Å². The molecule has 0 aliphatic rings. The van der Waals surface area contributed by atoms with Crippen LogP contribution in [0.25, 0.3) is 10.2 Å². The van der Waals surface area contributed by atoms with Gasteiger partial charge in [0.15, 0.2) is 5.16 Å². The molecular formula is C9H10N2OS2. The summed E-state index contributed by atoms with van der Waals surface area (Å²) in [6, 6.07) is 1.99. The lowest BCUT2D eigenvalue weighted by Gasteiger charge is -2.02. The molecule has 0 aliphatic carbocycles. The summed E-state index contributed by atoms with van der Waals surface area (Å²) in [5.74, 6) is 1.65. The number of methoxy groups -OCH3 is 1. The van der Waals surface area contributed by atoms with Gasteiger partial charge in [-0.05, 0) is 17.2 Å². The first-order valence-electron chi connectivity index (χ1n) is 4.27. The maximum atomic E-state index is 5.22. The summed E-state index contributed by atoms with van der Waals surface area (Å²) in [5, 5.41) is 2.79. The lowest BCUT2D eigenvalue weighted by atomic mass is 10.5. The summed E-state index contributed by atoms with van der Waals surface area (Å²) in [6.45, 7) is 2.08. The summed E-state index contributed by atoms with van der Waals surface area (Å²) < 4.78 is 6.24. The second-order valence-corrected chi connectivity index (χ2v) is 4.73. The third-order valence-electron chi connectivity index (χ3n) is 1.72. The van der Waals surface area contributed by atoms with Gasteiger partial charge in [-0.15, -0.1) is 11.3 Å². The summed E-state index contributed by atoms with van der Waals surface area (Å²) in [4.78, 5) is 8.74. The normalized spacial score (nSPS) is 10.7. The van der Waals surface area contributed by atoms with E-state index in [0.717, 1.165) is 21.1 Å². The van der Waals surface area contributed by atoms with Crippen LogP contribution in [0.1, 0.15) is 6.92 Å². The molecule has 0 spiro atoms. The van der Waals surface area contributed by atoms with E-state index in [1.54, 1.807) is 30.2 Å². The van der Waals surface area contributed by atoms with Crippen LogP contribution in [0.15, 0.2) is 16.6 Å². The van der Waals surface area contributed by atoms with Gasteiger partial charge in [0.1, 0.15) is 4.70 Å². The Labute approximate surface area is 90.5 Å². The van der Waals surface area contributed by atoms with E-state index in [9.17, 15) is 0 Å². The van der Waals surface area contributed by atoms with Crippen molar-refractivity contribution in [3.05, 3.63) is 11.4 Å². The molecule has 0 atom stereocenters. The number of rotatable bonds is 3. The van der Waals surface area contributed by atoms with Crippen LogP contribution < -0.4 is 4.74 Å². The minimum Gasteiger partial charge on any atom is -0.480 e. The van der Waals surface area contributed by atoms with Crippen LogP contribution in [-0.2, 0) is 0 Å². The third kappa shape index (κ3) is 1.69. The Bertz CT molecular complexity index is 441. The Morgan fingerprint density at radius 2 is 2.36 bits per heavy atom. The molecule has 0 saturated heterocycles. The van der Waals surface area contributed by atoms with Crippen molar-refractivity contribution in [1.29, 1.82) is 0 Å². The first-order valence-corrected chi connectivity index (χ1v) is 6.13. The lowest BCUT2D eigenvalue weighted by Crippen LogP contribution is -1.92. The highest BCUT2D eigenvalue weighted by Crippen LogP contribution is 2.29. The van der Waals surface area contributed by atoms with Crippen molar-refractivity contribution in [2.45, 2.75) is 12.1 Å². The minimum absolute atomic E-state index is 0.681. The summed E-state index contributed by atoms with van der Waals surface area (Å²) in [6.07, 6.45) is 0. The molecule has 0 bridgehead atoms. The molecule has 0 aliphatic heterocycles. The van der Waals surface area contributed by atoms with Crippen LogP contribution in [0.3, 0.4) is 0 Å². The first kappa shape index (κ1) is 9.73. The van der Waals surface area contributed by atoms with Crippen molar-refractivity contribution in [3.8, 4) is 5.88 Å². The van der Waals surface area contributed by atoms with Crippen molar-refractivity contribution in [2.75, 3.05) is 12.9 Å². The molecule has 0 radical (unpaired) electrons. The second kappa shape index (κ2) is 4.14. The number of hydrogen-bond acceptors (Lipinski definition) is 5. The summed E-state index contributed by atoms with van der Waals surface area (Å²) in [5.41, 5.74) is 0.970. The van der Waals surface area contributed by atoms with Gasteiger partial charge in [-0.25, -0.2) is 4.98 Å². The molecule has 14 heavy (non-hydrogen) atoms. The number of hydrogen-bond donors (Lipinski definition) is 0. The summed E-state index contributed by atoms with van der Waals surface area (Å²) in [7, 11) is 1.64. The van der Waals surface area contributed by atoms with Gasteiger partial charge in [-0.1, -0.05) is 18.7 Å². The monoisotopic (exact) mass is 226 g/mol. The molecule has 0 saturated carbocycles. The second-order valence-electron chi connectivity index (χ2n) is 2.58. The molecular weight excluding hydrogens is 216 g/mol. The molecule has 0 fully saturated rings. The summed E-state index contributed by atoms with van der Waals surface area (Å²) >= 11 is 3.23. The standard InChI is InChI=1S/C9H10N2OS2/c1-3-13-9-10-6-4-5-14-7(6)8(11-9)12-2/h4-5H,3H2,1-2H3. The van der Waals surface area contributed by atoms with Crippen LogP contribution in [-0.4, -0.2) is 22.8 Å². The predicted octanol–water partition coefficient (Wildman–Crippen LogP) is 2.81. The Morgan fingerprint density at radius 1 is 1.50 bits per heavy atom. The van der Waals surface area contributed by atoms with Gasteiger partial charge in [0, 0.05) is 0 Å². The van der Waals surface area contributed by atoms with Crippen LogP contribution in [0, 0.1) is 0 Å². The molecule has 5 heteroatoms. The van der Waals surface area contributed by atoms with Gasteiger partial charge in [0.2, 0.25) is 5.88 Å². The first-order chi connectivity index (χ1) is 6.85. The molecule has 0 amide bonds. The zero-order valence-electron chi connectivity index (χ0n) is 7.98. The number of nitrogens with zero attached hydrogens (tertiary/aromatic N) is 2. The van der Waals surface area contributed by atoms with Crippen LogP contribution in [0.5, 0.6) is 5.88 Å². The van der Waals surface area contributed by atoms with Crippen molar-refractivity contribution in [3.63, 3.8) is 0 Å². The van der Waals surface area contributed by atoms with E-state index < -0.39 is 0 Å². The average molecular weight is 226 g/mol. The largest absolute Gasteiger partial charge is 0.480 e. The molecule has 2 aromatic rings. The van der Waals surface area contributed by atoms with Gasteiger partial charge in [-0.2, -0.15) is 4.98 Å². The maximum Gasteiger partial charge on any atom is 0.235 e. The predicted molar refractivity (Wildman–Crippen MR) is 60.4 cm³/mol. The SMILES string of the molecule is CCSc1nc(OC)c2sccc2n1. The minimum atomic E-state index is 0.681. The molecule has 3 nitrogen and oxygen atoms in total. The zero-order valence-corrected chi connectivity index (χ0v) is 9.61. The van der Waals surface area contributed by atoms with Crippen LogP contribution in [0.4, 0.5) is 0 Å².